The van der Waals surface area contributed by atoms with Gasteiger partial charge in [-0.25, -0.2) is 4.68 Å². The molecule has 0 saturated carbocycles. The molecular formula is C19H24N4O2. The Hall–Kier alpha value is -2.47. The first kappa shape index (κ1) is 17.4. The van der Waals surface area contributed by atoms with Crippen LogP contribution in [0, 0.1) is 0 Å². The van der Waals surface area contributed by atoms with Crippen molar-refractivity contribution >= 4 is 5.91 Å². The lowest BCUT2D eigenvalue weighted by Crippen LogP contribution is -2.49. The van der Waals surface area contributed by atoms with Crippen molar-refractivity contribution in [2.75, 3.05) is 26.7 Å². The highest BCUT2D eigenvalue weighted by Crippen LogP contribution is 2.26. The number of hydrogen-bond donors (Lipinski definition) is 0. The third-order valence-electron chi connectivity index (χ3n) is 4.55. The normalized spacial score (nSPS) is 18.3. The quantitative estimate of drug-likeness (QED) is 0.851. The number of hydrogen-bond acceptors (Lipinski definition) is 4. The minimum Gasteiger partial charge on any atom is -0.328 e. The highest BCUT2D eigenvalue weighted by atomic mass is 16.2. The fourth-order valence-corrected chi connectivity index (χ4v) is 3.21. The van der Waals surface area contributed by atoms with Crippen LogP contribution in [0.5, 0.6) is 0 Å². The van der Waals surface area contributed by atoms with Gasteiger partial charge in [-0.3, -0.25) is 9.59 Å². The lowest BCUT2D eigenvalue weighted by molar-refractivity contribution is 0.0489. The van der Waals surface area contributed by atoms with Crippen LogP contribution in [-0.2, 0) is 6.54 Å². The Morgan fingerprint density at radius 3 is 2.64 bits per heavy atom. The number of rotatable bonds is 4. The molecule has 1 amide bonds. The van der Waals surface area contributed by atoms with Crippen molar-refractivity contribution in [2.45, 2.75) is 25.9 Å². The zero-order chi connectivity index (χ0) is 17.8. The highest BCUT2D eigenvalue weighted by molar-refractivity contribution is 5.92. The van der Waals surface area contributed by atoms with E-state index < -0.39 is 0 Å². The van der Waals surface area contributed by atoms with E-state index in [0.29, 0.717) is 18.8 Å². The number of carbonyl (C=O) groups excluding carboxylic acids is 1. The van der Waals surface area contributed by atoms with E-state index >= 15 is 0 Å². The number of likely N-dealkylation sites (N-methyl/N-ethyl adjacent to an activating group) is 1. The smallest absolute Gasteiger partial charge is 0.274 e. The molecule has 1 aliphatic rings. The van der Waals surface area contributed by atoms with Gasteiger partial charge in [-0.15, -0.1) is 0 Å². The Labute approximate surface area is 147 Å². The van der Waals surface area contributed by atoms with Gasteiger partial charge in [0.1, 0.15) is 5.69 Å². The average Bonchev–Trinajstić information content (AvgIpc) is 2.64. The van der Waals surface area contributed by atoms with Crippen LogP contribution < -0.4 is 5.56 Å². The molecule has 0 spiro atoms. The summed E-state index contributed by atoms with van der Waals surface area (Å²) in [4.78, 5) is 29.0. The zero-order valence-corrected chi connectivity index (χ0v) is 14.8. The van der Waals surface area contributed by atoms with E-state index in [0.717, 1.165) is 25.1 Å². The van der Waals surface area contributed by atoms with E-state index in [2.05, 4.69) is 29.2 Å². The Balaban J connectivity index is 1.91. The summed E-state index contributed by atoms with van der Waals surface area (Å²) in [6.07, 6.45) is 0.797. The van der Waals surface area contributed by atoms with Crippen LogP contribution in [0.15, 0.2) is 47.3 Å². The summed E-state index contributed by atoms with van der Waals surface area (Å²) in [6.45, 7) is 4.75. The number of carbonyl (C=O) groups is 1. The molecule has 1 aromatic heterocycles. The number of piperazine rings is 1. The Bertz CT molecular complexity index is 788. The first-order valence-electron chi connectivity index (χ1n) is 8.72. The maximum absolute atomic E-state index is 13.1. The molecular weight excluding hydrogens is 316 g/mol. The number of aryl methyl sites for hydroxylation is 1. The van der Waals surface area contributed by atoms with Crippen molar-refractivity contribution in [1.29, 1.82) is 0 Å². The molecule has 0 radical (unpaired) electrons. The second-order valence-electron chi connectivity index (χ2n) is 6.47. The molecule has 0 unspecified atom stereocenters. The first-order chi connectivity index (χ1) is 12.1. The Morgan fingerprint density at radius 1 is 1.16 bits per heavy atom. The van der Waals surface area contributed by atoms with E-state index in [1.165, 1.54) is 16.8 Å². The van der Waals surface area contributed by atoms with Gasteiger partial charge in [0.25, 0.3) is 11.5 Å². The van der Waals surface area contributed by atoms with Crippen LogP contribution in [0.2, 0.25) is 0 Å². The molecule has 1 aromatic carbocycles. The summed E-state index contributed by atoms with van der Waals surface area (Å²) in [5, 5.41) is 4.28. The van der Waals surface area contributed by atoms with E-state index in [4.69, 9.17) is 0 Å². The van der Waals surface area contributed by atoms with Crippen molar-refractivity contribution < 1.29 is 4.79 Å². The molecule has 0 bridgehead atoms. The molecule has 6 heteroatoms. The predicted octanol–water partition coefficient (Wildman–Crippen LogP) is 1.78. The molecule has 6 nitrogen and oxygen atoms in total. The minimum absolute atomic E-state index is 0.0131. The molecule has 0 aliphatic carbocycles. The van der Waals surface area contributed by atoms with E-state index in [-0.39, 0.29) is 17.5 Å². The molecule has 1 fully saturated rings. The van der Waals surface area contributed by atoms with Crippen LogP contribution >= 0.6 is 0 Å². The third kappa shape index (κ3) is 3.79. The summed E-state index contributed by atoms with van der Waals surface area (Å²) >= 11 is 0. The minimum atomic E-state index is -0.170. The van der Waals surface area contributed by atoms with E-state index in [9.17, 15) is 9.59 Å². The summed E-state index contributed by atoms with van der Waals surface area (Å²) in [5.41, 5.74) is 1.28. The second kappa shape index (κ2) is 7.61. The van der Waals surface area contributed by atoms with Gasteiger partial charge >= 0.3 is 0 Å². The zero-order valence-electron chi connectivity index (χ0n) is 14.8. The number of amides is 1. The molecule has 25 heavy (non-hydrogen) atoms. The van der Waals surface area contributed by atoms with Gasteiger partial charge in [0.05, 0.1) is 6.04 Å². The van der Waals surface area contributed by atoms with Crippen LogP contribution in [0.3, 0.4) is 0 Å². The lowest BCUT2D eigenvalue weighted by Gasteiger charge is -2.40. The SMILES string of the molecule is CCCn1nc(C(=O)N2CCN(C)C[C@@H]2c2ccccc2)ccc1=O. The Kier molecular flexibility index (Phi) is 5.28. The molecule has 0 N–H and O–H groups in total. The monoisotopic (exact) mass is 340 g/mol. The number of aromatic nitrogens is 2. The van der Waals surface area contributed by atoms with Gasteiger partial charge in [-0.2, -0.15) is 5.10 Å². The van der Waals surface area contributed by atoms with Crippen molar-refractivity contribution in [3.05, 3.63) is 64.1 Å². The average molecular weight is 340 g/mol. The summed E-state index contributed by atoms with van der Waals surface area (Å²) in [5.74, 6) is -0.119. The lowest BCUT2D eigenvalue weighted by atomic mass is 10.0. The molecule has 2 aromatic rings. The highest BCUT2D eigenvalue weighted by Gasteiger charge is 2.31. The van der Waals surface area contributed by atoms with Crippen LogP contribution in [0.4, 0.5) is 0 Å². The fourth-order valence-electron chi connectivity index (χ4n) is 3.21. The molecule has 132 valence electrons. The standard InChI is InChI=1S/C19H24N4O2/c1-3-11-23-18(24)10-9-16(20-23)19(25)22-13-12-21(2)14-17(22)15-7-5-4-6-8-15/h4-10,17H,3,11-14H2,1-2H3/t17-/m1/s1. The fraction of sp³-hybridized carbons (Fsp3) is 0.421. The van der Waals surface area contributed by atoms with E-state index in [1.54, 1.807) is 0 Å². The van der Waals surface area contributed by atoms with Gasteiger partial charge in [-0.1, -0.05) is 37.3 Å². The number of nitrogens with zero attached hydrogens (tertiary/aromatic N) is 4. The first-order valence-corrected chi connectivity index (χ1v) is 8.72. The summed E-state index contributed by atoms with van der Waals surface area (Å²) in [6, 6.07) is 13.0. The predicted molar refractivity (Wildman–Crippen MR) is 96.5 cm³/mol. The van der Waals surface area contributed by atoms with Gasteiger partial charge in [-0.05, 0) is 25.1 Å². The van der Waals surface area contributed by atoms with Crippen molar-refractivity contribution in [3.63, 3.8) is 0 Å². The van der Waals surface area contributed by atoms with Gasteiger partial charge in [0.15, 0.2) is 0 Å². The van der Waals surface area contributed by atoms with Crippen LogP contribution in [-0.4, -0.2) is 52.2 Å². The van der Waals surface area contributed by atoms with Crippen molar-refractivity contribution in [3.8, 4) is 0 Å². The number of benzene rings is 1. The van der Waals surface area contributed by atoms with Crippen LogP contribution in [0.25, 0.3) is 0 Å². The third-order valence-corrected chi connectivity index (χ3v) is 4.55. The molecule has 1 atom stereocenters. The molecule has 3 rings (SSSR count). The largest absolute Gasteiger partial charge is 0.328 e. The van der Waals surface area contributed by atoms with Crippen molar-refractivity contribution in [2.24, 2.45) is 0 Å². The molecule has 2 heterocycles. The summed E-state index contributed by atoms with van der Waals surface area (Å²) in [7, 11) is 2.07. The van der Waals surface area contributed by atoms with Gasteiger partial charge < -0.3 is 9.80 Å². The van der Waals surface area contributed by atoms with E-state index in [1.807, 2.05) is 30.0 Å². The Morgan fingerprint density at radius 2 is 1.92 bits per heavy atom. The van der Waals surface area contributed by atoms with Crippen molar-refractivity contribution in [1.82, 2.24) is 19.6 Å². The van der Waals surface area contributed by atoms with Gasteiger partial charge in [0, 0.05) is 32.2 Å². The molecule has 1 saturated heterocycles. The topological polar surface area (TPSA) is 58.4 Å². The summed E-state index contributed by atoms with van der Waals surface area (Å²) < 4.78 is 1.38. The molecule has 1 aliphatic heterocycles. The maximum atomic E-state index is 13.1. The van der Waals surface area contributed by atoms with Gasteiger partial charge in [0.2, 0.25) is 0 Å². The maximum Gasteiger partial charge on any atom is 0.274 e. The van der Waals surface area contributed by atoms with Crippen LogP contribution in [0.1, 0.15) is 35.4 Å². The second-order valence-corrected chi connectivity index (χ2v) is 6.47.